The molecule has 1 fully saturated rings. The molecule has 0 aliphatic carbocycles. The van der Waals surface area contributed by atoms with E-state index in [1.165, 1.54) is 11.8 Å². The van der Waals surface area contributed by atoms with E-state index in [1.807, 2.05) is 22.9 Å². The minimum absolute atomic E-state index is 0.105. The molecule has 0 saturated carbocycles. The fourth-order valence-electron chi connectivity index (χ4n) is 1.33. The molecule has 0 spiro atoms. The van der Waals surface area contributed by atoms with E-state index in [9.17, 15) is 5.11 Å². The summed E-state index contributed by atoms with van der Waals surface area (Å²) in [6.45, 7) is 0.981. The van der Waals surface area contributed by atoms with E-state index in [4.69, 9.17) is 5.26 Å². The van der Waals surface area contributed by atoms with Crippen LogP contribution in [0.1, 0.15) is 0 Å². The number of aliphatic hydroxyl groups is 1. The molecule has 0 amide bonds. The van der Waals surface area contributed by atoms with Crippen LogP contribution in [0, 0.1) is 11.5 Å². The van der Waals surface area contributed by atoms with Crippen LogP contribution in [0.3, 0.4) is 0 Å². The first-order valence-corrected chi connectivity index (χ1v) is 6.67. The summed E-state index contributed by atoms with van der Waals surface area (Å²) in [6, 6.07) is 0.105. The van der Waals surface area contributed by atoms with Crippen LogP contribution in [0.5, 0.6) is 0 Å². The maximum absolute atomic E-state index is 9.17. The van der Waals surface area contributed by atoms with E-state index in [-0.39, 0.29) is 12.6 Å². The Morgan fingerprint density at radius 3 is 3.21 bits per heavy atom. The van der Waals surface area contributed by atoms with Gasteiger partial charge in [-0.25, -0.2) is 0 Å². The first-order chi connectivity index (χ1) is 6.83. The molecular weight excluding hydrogens is 218 g/mol. The van der Waals surface area contributed by atoms with Crippen molar-refractivity contribution < 1.29 is 5.11 Å². The average Bonchev–Trinajstić information content (AvgIpc) is 2.26. The van der Waals surface area contributed by atoms with Crippen molar-refractivity contribution in [2.24, 2.45) is 4.99 Å². The monoisotopic (exact) mass is 231 g/mol. The molecule has 0 aromatic rings. The van der Waals surface area contributed by atoms with E-state index in [2.05, 4.69) is 4.99 Å². The van der Waals surface area contributed by atoms with E-state index >= 15 is 0 Å². The number of hydrogen-bond donors (Lipinski definition) is 1. The largest absolute Gasteiger partial charge is 0.394 e. The second kappa shape index (κ2) is 6.17. The predicted molar refractivity (Wildman–Crippen MR) is 61.5 cm³/mol. The maximum Gasteiger partial charge on any atom is 0.208 e. The van der Waals surface area contributed by atoms with Gasteiger partial charge >= 0.3 is 0 Å². The van der Waals surface area contributed by atoms with Crippen LogP contribution in [-0.2, 0) is 0 Å². The van der Waals surface area contributed by atoms with Crippen molar-refractivity contribution in [2.45, 2.75) is 6.04 Å². The van der Waals surface area contributed by atoms with Gasteiger partial charge in [0.25, 0.3) is 0 Å². The minimum Gasteiger partial charge on any atom is -0.394 e. The second-order valence-electron chi connectivity index (χ2n) is 2.80. The highest BCUT2D eigenvalue weighted by molar-refractivity contribution is 8.13. The number of aliphatic hydroxyl groups excluding tert-OH is 1. The summed E-state index contributed by atoms with van der Waals surface area (Å²) < 4.78 is 0. The molecule has 78 valence electrons. The van der Waals surface area contributed by atoms with E-state index in [0.29, 0.717) is 5.17 Å². The molecule has 1 aliphatic heterocycles. The number of rotatable bonds is 1. The normalized spacial score (nSPS) is 23.4. The van der Waals surface area contributed by atoms with Crippen LogP contribution < -0.4 is 0 Å². The van der Waals surface area contributed by atoms with Gasteiger partial charge in [-0.05, 0) is 6.26 Å². The summed E-state index contributed by atoms with van der Waals surface area (Å²) in [6.07, 6.45) is 3.69. The van der Waals surface area contributed by atoms with Crippen molar-refractivity contribution in [1.29, 1.82) is 5.26 Å². The molecule has 0 bridgehead atoms. The van der Waals surface area contributed by atoms with Gasteiger partial charge in [-0.2, -0.15) is 17.0 Å². The smallest absolute Gasteiger partial charge is 0.208 e. The summed E-state index contributed by atoms with van der Waals surface area (Å²) in [4.78, 5) is 5.77. The molecular formula is C8H13N3OS2. The van der Waals surface area contributed by atoms with E-state index in [0.717, 1.165) is 18.1 Å². The summed E-state index contributed by atoms with van der Waals surface area (Å²) >= 11 is 3.28. The van der Waals surface area contributed by atoms with Crippen LogP contribution in [0.2, 0.25) is 0 Å². The zero-order valence-corrected chi connectivity index (χ0v) is 9.64. The highest BCUT2D eigenvalue weighted by Gasteiger charge is 2.24. The topological polar surface area (TPSA) is 59.6 Å². The fraction of sp³-hybridized carbons (Fsp3) is 0.750. The summed E-state index contributed by atoms with van der Waals surface area (Å²) in [5.41, 5.74) is 0. The number of amidine groups is 1. The van der Waals surface area contributed by atoms with Gasteiger partial charge in [-0.1, -0.05) is 11.8 Å². The minimum atomic E-state index is 0.105. The lowest BCUT2D eigenvalue weighted by Crippen LogP contribution is -2.46. The number of thioether (sulfide) groups is 2. The molecule has 1 saturated heterocycles. The van der Waals surface area contributed by atoms with Crippen LogP contribution in [0.4, 0.5) is 0 Å². The Morgan fingerprint density at radius 2 is 2.64 bits per heavy atom. The third kappa shape index (κ3) is 2.80. The molecule has 1 atom stereocenters. The molecule has 1 rings (SSSR count). The Balaban J connectivity index is 2.71. The Morgan fingerprint density at radius 1 is 1.86 bits per heavy atom. The molecule has 0 radical (unpaired) electrons. The van der Waals surface area contributed by atoms with Gasteiger partial charge in [0.2, 0.25) is 6.19 Å². The molecule has 1 N–H and O–H groups in total. The van der Waals surface area contributed by atoms with E-state index in [1.54, 1.807) is 6.19 Å². The molecule has 4 nitrogen and oxygen atoms in total. The number of nitrogens with zero attached hydrogens (tertiary/aromatic N) is 3. The third-order valence-corrected chi connectivity index (χ3v) is 3.79. The fourth-order valence-corrected chi connectivity index (χ4v) is 2.98. The van der Waals surface area contributed by atoms with Gasteiger partial charge in [0, 0.05) is 18.1 Å². The third-order valence-electron chi connectivity index (χ3n) is 2.01. The molecule has 14 heavy (non-hydrogen) atoms. The van der Waals surface area contributed by atoms with Crippen LogP contribution >= 0.6 is 23.5 Å². The maximum atomic E-state index is 9.17. The van der Waals surface area contributed by atoms with Gasteiger partial charge in [-0.3, -0.25) is 0 Å². The van der Waals surface area contributed by atoms with Crippen LogP contribution in [0.25, 0.3) is 0 Å². The van der Waals surface area contributed by atoms with E-state index < -0.39 is 0 Å². The molecule has 6 heteroatoms. The molecule has 1 heterocycles. The summed E-state index contributed by atoms with van der Waals surface area (Å²) in [7, 11) is 0. The summed E-state index contributed by atoms with van der Waals surface area (Å²) in [5.74, 6) is 1.93. The van der Waals surface area contributed by atoms with Crippen molar-refractivity contribution in [3.63, 3.8) is 0 Å². The van der Waals surface area contributed by atoms with Gasteiger partial charge in [0.05, 0.1) is 12.6 Å². The lowest BCUT2D eigenvalue weighted by Gasteiger charge is -2.35. The van der Waals surface area contributed by atoms with Gasteiger partial charge in [0.15, 0.2) is 5.17 Å². The molecule has 0 aromatic heterocycles. The standard InChI is InChI=1S/C8H13N3OS2/c1-13-8(10-6-9)11-2-3-14-5-7(11)4-12/h7,12H,2-5H2,1H3. The van der Waals surface area contributed by atoms with Crippen LogP contribution in [0.15, 0.2) is 4.99 Å². The first kappa shape index (κ1) is 11.7. The Hall–Kier alpha value is -0.380. The van der Waals surface area contributed by atoms with Crippen LogP contribution in [-0.4, -0.2) is 52.1 Å². The zero-order valence-electron chi connectivity index (χ0n) is 8.01. The highest BCUT2D eigenvalue weighted by Crippen LogP contribution is 2.19. The SMILES string of the molecule is CSC(=NC#N)N1CCSCC1CO. The highest BCUT2D eigenvalue weighted by atomic mass is 32.2. The molecule has 0 aromatic carbocycles. The van der Waals surface area contributed by atoms with Crippen molar-refractivity contribution in [3.05, 3.63) is 0 Å². The number of nitriles is 1. The van der Waals surface area contributed by atoms with Gasteiger partial charge < -0.3 is 10.0 Å². The average molecular weight is 231 g/mol. The van der Waals surface area contributed by atoms with Gasteiger partial charge in [-0.15, -0.1) is 4.99 Å². The number of hydrogen-bond acceptors (Lipinski definition) is 5. The molecule has 1 unspecified atom stereocenters. The molecule has 1 aliphatic rings. The summed E-state index contributed by atoms with van der Waals surface area (Å²) in [5, 5.41) is 18.4. The first-order valence-electron chi connectivity index (χ1n) is 4.29. The lowest BCUT2D eigenvalue weighted by atomic mass is 10.3. The van der Waals surface area contributed by atoms with Crippen molar-refractivity contribution in [2.75, 3.05) is 30.9 Å². The zero-order chi connectivity index (χ0) is 10.4. The Bertz CT molecular complexity index is 251. The Kier molecular flexibility index (Phi) is 5.15. The number of aliphatic imine (C=N–C) groups is 1. The quantitative estimate of drug-likeness (QED) is 0.407. The van der Waals surface area contributed by atoms with Crippen molar-refractivity contribution >= 4 is 28.7 Å². The predicted octanol–water partition coefficient (Wildman–Crippen LogP) is 0.596. The lowest BCUT2D eigenvalue weighted by molar-refractivity contribution is 0.198. The van der Waals surface area contributed by atoms with Crippen molar-refractivity contribution in [1.82, 2.24) is 4.90 Å². The Labute approximate surface area is 92.4 Å². The van der Waals surface area contributed by atoms with Crippen molar-refractivity contribution in [3.8, 4) is 6.19 Å². The second-order valence-corrected chi connectivity index (χ2v) is 4.73. The van der Waals surface area contributed by atoms with Gasteiger partial charge in [0.1, 0.15) is 0 Å².